The van der Waals surface area contributed by atoms with Gasteiger partial charge in [0.1, 0.15) is 0 Å². The molecule has 0 fully saturated rings. The number of nitrogens with zero attached hydrogens (tertiary/aromatic N) is 2. The van der Waals surface area contributed by atoms with Gasteiger partial charge in [-0.2, -0.15) is 0 Å². The first-order valence-corrected chi connectivity index (χ1v) is 21.6. The highest BCUT2D eigenvalue weighted by Crippen LogP contribution is 2.44. The van der Waals surface area contributed by atoms with E-state index >= 15 is 0 Å². The van der Waals surface area contributed by atoms with E-state index in [0.717, 1.165) is 45.1 Å². The van der Waals surface area contributed by atoms with Crippen molar-refractivity contribution in [3.05, 3.63) is 289 Å². The van der Waals surface area contributed by atoms with Crippen molar-refractivity contribution in [2.75, 3.05) is 9.80 Å². The zero-order valence-corrected chi connectivity index (χ0v) is 35.0. The Morgan fingerprint density at radius 3 is 1.32 bits per heavy atom. The first-order chi connectivity index (χ1) is 31.2. The Balaban J connectivity index is 0.959. The summed E-state index contributed by atoms with van der Waals surface area (Å²) in [5.74, 6) is 0.0408. The summed E-state index contributed by atoms with van der Waals surface area (Å²) in [6.45, 7) is 4.80. The molecule has 0 amide bonds. The van der Waals surface area contributed by atoms with Crippen LogP contribution < -0.4 is 9.80 Å². The van der Waals surface area contributed by atoms with E-state index in [1.54, 1.807) is 0 Å². The standard InChI is InChI=1S/C61H46N2/c1-45(56-30-18-19-33-59(56)60(48-20-6-2-7-21-48)49-22-8-3-9-23-49)62(52-26-10-4-11-27-52)54-40-36-46(37-41-54)34-35-47-38-42-55(43-39-47)63(53-28-12-5-13-29-53)61-57-31-16-14-24-50(57)44-51-25-15-17-32-58(51)61/h2-44,60H,1H2/b35-34+. The van der Waals surface area contributed by atoms with Crippen LogP contribution in [0.1, 0.15) is 39.3 Å². The fourth-order valence-electron chi connectivity index (χ4n) is 8.89. The van der Waals surface area contributed by atoms with Gasteiger partial charge in [0.05, 0.1) is 5.69 Å². The van der Waals surface area contributed by atoms with Gasteiger partial charge >= 0.3 is 0 Å². The molecule has 300 valence electrons. The minimum atomic E-state index is 0.0408. The molecule has 0 radical (unpaired) electrons. The highest BCUT2D eigenvalue weighted by atomic mass is 15.2. The molecule has 0 saturated heterocycles. The van der Waals surface area contributed by atoms with Gasteiger partial charge in [0.2, 0.25) is 0 Å². The van der Waals surface area contributed by atoms with E-state index in [1.165, 1.54) is 43.9 Å². The topological polar surface area (TPSA) is 6.48 Å². The summed E-state index contributed by atoms with van der Waals surface area (Å²) in [5.41, 5.74) is 13.5. The zero-order chi connectivity index (χ0) is 42.4. The number of para-hydroxylation sites is 2. The van der Waals surface area contributed by atoms with E-state index in [4.69, 9.17) is 6.58 Å². The largest absolute Gasteiger partial charge is 0.310 e. The maximum absolute atomic E-state index is 4.80. The van der Waals surface area contributed by atoms with Gasteiger partial charge in [-0.05, 0) is 93.2 Å². The lowest BCUT2D eigenvalue weighted by molar-refractivity contribution is 0.970. The van der Waals surface area contributed by atoms with Crippen molar-refractivity contribution in [2.45, 2.75) is 5.92 Å². The molecule has 0 atom stereocenters. The molecule has 0 heterocycles. The Hall–Kier alpha value is -8.20. The molecule has 0 bridgehead atoms. The summed E-state index contributed by atoms with van der Waals surface area (Å²) in [7, 11) is 0. The van der Waals surface area contributed by atoms with Crippen molar-refractivity contribution in [1.29, 1.82) is 0 Å². The highest BCUT2D eigenvalue weighted by molar-refractivity contribution is 6.14. The normalized spacial score (nSPS) is 11.3. The predicted octanol–water partition coefficient (Wildman–Crippen LogP) is 16.6. The van der Waals surface area contributed by atoms with Crippen molar-refractivity contribution >= 4 is 67.8 Å². The molecule has 0 aromatic heterocycles. The van der Waals surface area contributed by atoms with Crippen LogP contribution in [0.2, 0.25) is 0 Å². The van der Waals surface area contributed by atoms with Crippen LogP contribution in [0.25, 0.3) is 39.4 Å². The molecule has 63 heavy (non-hydrogen) atoms. The molecular formula is C61H46N2. The molecule has 10 aromatic carbocycles. The van der Waals surface area contributed by atoms with Gasteiger partial charge in [0, 0.05) is 50.7 Å². The van der Waals surface area contributed by atoms with Gasteiger partial charge in [-0.1, -0.05) is 213 Å². The predicted molar refractivity (Wildman–Crippen MR) is 269 cm³/mol. The molecular weight excluding hydrogens is 761 g/mol. The zero-order valence-electron chi connectivity index (χ0n) is 35.0. The second-order valence-corrected chi connectivity index (χ2v) is 15.8. The molecule has 0 aliphatic heterocycles. The number of hydrogen-bond acceptors (Lipinski definition) is 2. The molecule has 0 unspecified atom stereocenters. The van der Waals surface area contributed by atoms with E-state index in [2.05, 4.69) is 271 Å². The Labute approximate surface area is 370 Å². The Bertz CT molecular complexity index is 3060. The third-order valence-corrected chi connectivity index (χ3v) is 11.9. The molecule has 10 rings (SSSR count). The SMILES string of the molecule is C=C(c1ccccc1C(c1ccccc1)c1ccccc1)N(c1ccccc1)c1ccc(/C=C/c2ccc(N(c3ccccc3)c3c4ccccc4cc4ccccc34)cc2)cc1. The molecule has 2 nitrogen and oxygen atoms in total. The average Bonchev–Trinajstić information content (AvgIpc) is 3.35. The smallest absolute Gasteiger partial charge is 0.0618 e. The monoisotopic (exact) mass is 806 g/mol. The Morgan fingerprint density at radius 1 is 0.381 bits per heavy atom. The summed E-state index contributed by atoms with van der Waals surface area (Å²) in [6.07, 6.45) is 4.38. The number of benzene rings is 10. The summed E-state index contributed by atoms with van der Waals surface area (Å²) >= 11 is 0. The van der Waals surface area contributed by atoms with E-state index in [-0.39, 0.29) is 5.92 Å². The minimum Gasteiger partial charge on any atom is -0.310 e. The fraction of sp³-hybridized carbons (Fsp3) is 0.0164. The molecule has 0 spiro atoms. The number of hydrogen-bond donors (Lipinski definition) is 0. The van der Waals surface area contributed by atoms with Crippen molar-refractivity contribution in [3.8, 4) is 0 Å². The van der Waals surface area contributed by atoms with Crippen molar-refractivity contribution in [1.82, 2.24) is 0 Å². The molecule has 0 aliphatic rings. The lowest BCUT2D eigenvalue weighted by atomic mass is 9.82. The second kappa shape index (κ2) is 17.8. The summed E-state index contributed by atoms with van der Waals surface area (Å²) in [6, 6.07) is 88.8. The molecule has 0 saturated carbocycles. The lowest BCUT2D eigenvalue weighted by Gasteiger charge is -2.30. The van der Waals surface area contributed by atoms with E-state index < -0.39 is 0 Å². The molecule has 10 aromatic rings. The van der Waals surface area contributed by atoms with Gasteiger partial charge in [-0.3, -0.25) is 0 Å². The van der Waals surface area contributed by atoms with Crippen LogP contribution in [-0.4, -0.2) is 0 Å². The van der Waals surface area contributed by atoms with Gasteiger partial charge in [0.25, 0.3) is 0 Å². The van der Waals surface area contributed by atoms with Gasteiger partial charge in [-0.25, -0.2) is 0 Å². The summed E-state index contributed by atoms with van der Waals surface area (Å²) in [4.78, 5) is 4.67. The maximum Gasteiger partial charge on any atom is 0.0618 e. The molecule has 0 N–H and O–H groups in total. The van der Waals surface area contributed by atoms with Gasteiger partial charge in [-0.15, -0.1) is 0 Å². The molecule has 2 heteroatoms. The Kier molecular flexibility index (Phi) is 11.0. The van der Waals surface area contributed by atoms with Gasteiger partial charge in [0.15, 0.2) is 0 Å². The van der Waals surface area contributed by atoms with E-state index in [1.807, 2.05) is 0 Å². The fourth-order valence-corrected chi connectivity index (χ4v) is 8.89. The Morgan fingerprint density at radius 2 is 0.778 bits per heavy atom. The number of rotatable bonds is 12. The summed E-state index contributed by atoms with van der Waals surface area (Å²) in [5, 5.41) is 4.88. The quantitative estimate of drug-likeness (QED) is 0.0689. The van der Waals surface area contributed by atoms with Crippen LogP contribution in [0.3, 0.4) is 0 Å². The van der Waals surface area contributed by atoms with Crippen molar-refractivity contribution in [2.24, 2.45) is 0 Å². The van der Waals surface area contributed by atoms with Crippen LogP contribution in [0, 0.1) is 0 Å². The third-order valence-electron chi connectivity index (χ3n) is 11.9. The van der Waals surface area contributed by atoms with Crippen LogP contribution >= 0.6 is 0 Å². The van der Waals surface area contributed by atoms with E-state index in [9.17, 15) is 0 Å². The van der Waals surface area contributed by atoms with Crippen LogP contribution in [0.15, 0.2) is 255 Å². The van der Waals surface area contributed by atoms with Crippen molar-refractivity contribution in [3.63, 3.8) is 0 Å². The number of anilines is 5. The lowest BCUT2D eigenvalue weighted by Crippen LogP contribution is -2.17. The molecule has 0 aliphatic carbocycles. The first kappa shape index (κ1) is 39.0. The number of fused-ring (bicyclic) bond motifs is 2. The third kappa shape index (κ3) is 8.06. The highest BCUT2D eigenvalue weighted by Gasteiger charge is 2.24. The maximum atomic E-state index is 4.80. The van der Waals surface area contributed by atoms with Crippen LogP contribution in [0.4, 0.5) is 28.4 Å². The van der Waals surface area contributed by atoms with Crippen molar-refractivity contribution < 1.29 is 0 Å². The van der Waals surface area contributed by atoms with Crippen LogP contribution in [-0.2, 0) is 0 Å². The summed E-state index contributed by atoms with van der Waals surface area (Å²) < 4.78 is 0. The minimum absolute atomic E-state index is 0.0408. The van der Waals surface area contributed by atoms with Crippen LogP contribution in [0.5, 0.6) is 0 Å². The average molecular weight is 807 g/mol. The first-order valence-electron chi connectivity index (χ1n) is 21.6. The van der Waals surface area contributed by atoms with Gasteiger partial charge < -0.3 is 9.80 Å². The van der Waals surface area contributed by atoms with E-state index in [0.29, 0.717) is 0 Å². The second-order valence-electron chi connectivity index (χ2n) is 15.8.